The van der Waals surface area contributed by atoms with Crippen LogP contribution in [-0.4, -0.2) is 66.0 Å². The molecule has 0 bridgehead atoms. The van der Waals surface area contributed by atoms with Crippen molar-refractivity contribution in [2.45, 2.75) is 20.3 Å². The Bertz CT molecular complexity index is 1150. The van der Waals surface area contributed by atoms with Crippen molar-refractivity contribution in [3.63, 3.8) is 0 Å². The molecule has 6 nitrogen and oxygen atoms in total. The monoisotopic (exact) mass is 488 g/mol. The van der Waals surface area contributed by atoms with Gasteiger partial charge in [0.25, 0.3) is 5.91 Å². The highest BCUT2D eigenvalue weighted by Crippen LogP contribution is 2.31. The summed E-state index contributed by atoms with van der Waals surface area (Å²) in [5.74, 6) is 0.633. The third-order valence-electron chi connectivity index (χ3n) is 6.34. The van der Waals surface area contributed by atoms with Crippen molar-refractivity contribution in [2.75, 3.05) is 39.8 Å². The summed E-state index contributed by atoms with van der Waals surface area (Å²) in [6.45, 7) is 8.30. The van der Waals surface area contributed by atoms with Crippen LogP contribution in [0.4, 0.5) is 0 Å². The number of hydrogen-bond donors (Lipinski definition) is 0. The van der Waals surface area contributed by atoms with E-state index >= 15 is 0 Å². The van der Waals surface area contributed by atoms with Gasteiger partial charge in [-0.2, -0.15) is 0 Å². The minimum absolute atomic E-state index is 0. The number of piperazine rings is 1. The normalized spacial score (nSPS) is 14.2. The molecule has 2 heterocycles. The first-order valence-corrected chi connectivity index (χ1v) is 11.3. The van der Waals surface area contributed by atoms with Crippen LogP contribution in [0.3, 0.4) is 0 Å². The molecule has 0 unspecified atom stereocenters. The number of hydrogen-bond acceptors (Lipinski definition) is 4. The molecule has 1 amide bonds. The number of likely N-dealkylation sites (N-methyl/N-ethyl adjacent to an activating group) is 1. The number of amides is 1. The molecule has 176 valence electrons. The standard InChI is InChI=1S/C25H28ClN3O3.ClH/c1-4-27-11-13-28(14-12-27)24(30)16-21-17(2)29(23-10-9-20(32-3)15-22(21)23)25(31)18-5-7-19(26)8-6-18;/h5-10,15H,4,11-14,16H2,1-3H3;1H/p-1. The summed E-state index contributed by atoms with van der Waals surface area (Å²) in [5.41, 5.74) is 2.94. The van der Waals surface area contributed by atoms with Crippen molar-refractivity contribution in [1.82, 2.24) is 14.4 Å². The second kappa shape index (κ2) is 10.6. The molecule has 1 aliphatic rings. The van der Waals surface area contributed by atoms with E-state index in [4.69, 9.17) is 16.3 Å². The van der Waals surface area contributed by atoms with E-state index in [1.54, 1.807) is 35.9 Å². The highest BCUT2D eigenvalue weighted by atomic mass is 35.5. The maximum absolute atomic E-state index is 13.4. The van der Waals surface area contributed by atoms with Crippen molar-refractivity contribution < 1.29 is 26.7 Å². The molecule has 8 heteroatoms. The number of fused-ring (bicyclic) bond motifs is 1. The van der Waals surface area contributed by atoms with Crippen LogP contribution in [0.1, 0.15) is 28.5 Å². The van der Waals surface area contributed by atoms with E-state index in [0.29, 0.717) is 16.3 Å². The molecule has 0 saturated carbocycles. The van der Waals surface area contributed by atoms with E-state index in [2.05, 4.69) is 11.8 Å². The van der Waals surface area contributed by atoms with Gasteiger partial charge in [-0.05, 0) is 61.5 Å². The van der Waals surface area contributed by atoms with Crippen molar-refractivity contribution in [3.05, 3.63) is 64.3 Å². The summed E-state index contributed by atoms with van der Waals surface area (Å²) < 4.78 is 7.11. The molecule has 1 saturated heterocycles. The predicted molar refractivity (Wildman–Crippen MR) is 127 cm³/mol. The van der Waals surface area contributed by atoms with Crippen LogP contribution < -0.4 is 17.1 Å². The van der Waals surface area contributed by atoms with Gasteiger partial charge in [0.2, 0.25) is 5.91 Å². The minimum atomic E-state index is -0.149. The number of benzene rings is 2. The molecule has 4 rings (SSSR count). The number of aromatic nitrogens is 1. The summed E-state index contributed by atoms with van der Waals surface area (Å²) in [6, 6.07) is 12.5. The van der Waals surface area contributed by atoms with E-state index in [1.165, 1.54) is 0 Å². The average Bonchev–Trinajstić information content (AvgIpc) is 3.09. The van der Waals surface area contributed by atoms with Crippen molar-refractivity contribution in [1.29, 1.82) is 0 Å². The zero-order chi connectivity index (χ0) is 22.8. The summed E-state index contributed by atoms with van der Waals surface area (Å²) in [6.07, 6.45) is 0.253. The van der Waals surface area contributed by atoms with Gasteiger partial charge < -0.3 is 26.9 Å². The van der Waals surface area contributed by atoms with Gasteiger partial charge in [-0.1, -0.05) is 18.5 Å². The summed E-state index contributed by atoms with van der Waals surface area (Å²) in [4.78, 5) is 30.8. The van der Waals surface area contributed by atoms with Crippen LogP contribution >= 0.6 is 11.6 Å². The molecule has 1 aliphatic heterocycles. The first kappa shape index (κ1) is 25.1. The molecule has 3 aromatic rings. The first-order valence-electron chi connectivity index (χ1n) is 10.9. The van der Waals surface area contributed by atoms with Crippen molar-refractivity contribution >= 4 is 34.3 Å². The topological polar surface area (TPSA) is 54.8 Å². The zero-order valence-electron chi connectivity index (χ0n) is 19.1. The Kier molecular flexibility index (Phi) is 8.05. The van der Waals surface area contributed by atoms with E-state index in [0.717, 1.165) is 54.9 Å². The molecule has 2 aromatic carbocycles. The van der Waals surface area contributed by atoms with Gasteiger partial charge in [0.1, 0.15) is 5.75 Å². The Balaban J connectivity index is 0.00000306. The fraction of sp³-hybridized carbons (Fsp3) is 0.360. The lowest BCUT2D eigenvalue weighted by Gasteiger charge is -2.34. The second-order valence-electron chi connectivity index (χ2n) is 8.09. The molecule has 0 N–H and O–H groups in total. The number of rotatable bonds is 5. The largest absolute Gasteiger partial charge is 1.00 e. The average molecular weight is 489 g/mol. The van der Waals surface area contributed by atoms with E-state index < -0.39 is 0 Å². The number of carbonyl (C=O) groups excluding carboxylic acids is 2. The number of ether oxygens (including phenoxy) is 1. The number of methoxy groups -OCH3 is 1. The first-order chi connectivity index (χ1) is 15.4. The lowest BCUT2D eigenvalue weighted by molar-refractivity contribution is -0.132. The van der Waals surface area contributed by atoms with Crippen molar-refractivity contribution in [2.24, 2.45) is 0 Å². The molecule has 1 aromatic heterocycles. The Hall–Kier alpha value is -2.54. The number of nitrogens with zero attached hydrogens (tertiary/aromatic N) is 3. The summed E-state index contributed by atoms with van der Waals surface area (Å²) >= 11 is 6.00. The second-order valence-corrected chi connectivity index (χ2v) is 8.52. The van der Waals surface area contributed by atoms with Crippen LogP contribution in [0.15, 0.2) is 42.5 Å². The highest BCUT2D eigenvalue weighted by molar-refractivity contribution is 6.30. The Morgan fingerprint density at radius 1 is 1.03 bits per heavy atom. The number of carbonyl (C=O) groups is 2. The van der Waals surface area contributed by atoms with Crippen LogP contribution in [0, 0.1) is 6.92 Å². The Morgan fingerprint density at radius 3 is 2.30 bits per heavy atom. The molecule has 33 heavy (non-hydrogen) atoms. The summed E-state index contributed by atoms with van der Waals surface area (Å²) in [5, 5.41) is 1.44. The molecule has 0 spiro atoms. The zero-order valence-corrected chi connectivity index (χ0v) is 20.6. The quantitative estimate of drug-likeness (QED) is 0.537. The molecule has 1 fully saturated rings. The van der Waals surface area contributed by atoms with E-state index in [9.17, 15) is 9.59 Å². The third kappa shape index (κ3) is 5.03. The van der Waals surface area contributed by atoms with E-state index in [1.807, 2.05) is 30.0 Å². The Morgan fingerprint density at radius 2 is 1.70 bits per heavy atom. The molecule has 0 aliphatic carbocycles. The van der Waals surface area contributed by atoms with Gasteiger partial charge >= 0.3 is 0 Å². The van der Waals surface area contributed by atoms with Gasteiger partial charge in [0, 0.05) is 47.8 Å². The lowest BCUT2D eigenvalue weighted by atomic mass is 10.1. The third-order valence-corrected chi connectivity index (χ3v) is 6.59. The van der Waals surface area contributed by atoms with Crippen LogP contribution in [0.25, 0.3) is 10.9 Å². The van der Waals surface area contributed by atoms with Crippen molar-refractivity contribution in [3.8, 4) is 5.75 Å². The molecule has 0 atom stereocenters. The maximum Gasteiger partial charge on any atom is 0.262 e. The van der Waals surface area contributed by atoms with Gasteiger partial charge in [0.15, 0.2) is 0 Å². The van der Waals surface area contributed by atoms with E-state index in [-0.39, 0.29) is 30.6 Å². The molecular formula is C25H28Cl2N3O3-. The van der Waals surface area contributed by atoms with Crippen LogP contribution in [0.2, 0.25) is 5.02 Å². The van der Waals surface area contributed by atoms with Gasteiger partial charge in [0.05, 0.1) is 19.0 Å². The highest BCUT2D eigenvalue weighted by Gasteiger charge is 2.25. The number of halogens is 2. The smallest absolute Gasteiger partial charge is 0.262 e. The fourth-order valence-electron chi connectivity index (χ4n) is 4.37. The van der Waals surface area contributed by atoms with Gasteiger partial charge in [-0.25, -0.2) is 0 Å². The van der Waals surface area contributed by atoms with Crippen LogP contribution in [0.5, 0.6) is 5.75 Å². The van der Waals surface area contributed by atoms with Gasteiger partial charge in [-0.15, -0.1) is 0 Å². The molecular weight excluding hydrogens is 461 g/mol. The fourth-order valence-corrected chi connectivity index (χ4v) is 4.50. The predicted octanol–water partition coefficient (Wildman–Crippen LogP) is 1.01. The maximum atomic E-state index is 13.4. The minimum Gasteiger partial charge on any atom is -1.00 e. The molecule has 0 radical (unpaired) electrons. The Labute approximate surface area is 205 Å². The lowest BCUT2D eigenvalue weighted by Crippen LogP contribution is -3.00. The summed E-state index contributed by atoms with van der Waals surface area (Å²) in [7, 11) is 1.61. The SMILES string of the molecule is CCN1CCN(C(=O)Cc2c(C)n(C(=O)c3ccc(Cl)cc3)c3ccc(OC)cc23)CC1.[Cl-]. The van der Waals surface area contributed by atoms with Gasteiger partial charge in [-0.3, -0.25) is 14.2 Å². The van der Waals surface area contributed by atoms with Crippen LogP contribution in [-0.2, 0) is 11.2 Å².